The van der Waals surface area contributed by atoms with Crippen LogP contribution < -0.4 is 0 Å². The summed E-state index contributed by atoms with van der Waals surface area (Å²) in [5.74, 6) is 0.695. The monoisotopic (exact) mass is 480 g/mol. The van der Waals surface area contributed by atoms with Gasteiger partial charge in [0.2, 0.25) is 0 Å². The predicted molar refractivity (Wildman–Crippen MR) is 154 cm³/mol. The van der Waals surface area contributed by atoms with Crippen LogP contribution in [-0.2, 0) is 6.42 Å². The van der Waals surface area contributed by atoms with E-state index in [9.17, 15) is 0 Å². The molecule has 2 rings (SSSR count). The van der Waals surface area contributed by atoms with E-state index in [2.05, 4.69) is 66.3 Å². The smallest absolute Gasteiger partial charge is 0.0948 e. The van der Waals surface area contributed by atoms with Crippen molar-refractivity contribution in [3.63, 3.8) is 0 Å². The SMILES string of the molecule is CCCCCCCCCCCCC(Cc1ccccc1)C(CCCCCCCCC)n1ccnc1. The molecule has 35 heavy (non-hydrogen) atoms. The van der Waals surface area contributed by atoms with Gasteiger partial charge in [0.15, 0.2) is 0 Å². The molecule has 0 saturated heterocycles. The van der Waals surface area contributed by atoms with Crippen molar-refractivity contribution in [1.29, 1.82) is 0 Å². The molecule has 0 aliphatic heterocycles. The third-order valence-corrected chi connectivity index (χ3v) is 7.82. The number of hydrogen-bond donors (Lipinski definition) is 0. The first-order chi connectivity index (χ1) is 17.3. The molecule has 2 unspecified atom stereocenters. The quantitative estimate of drug-likeness (QED) is 0.145. The van der Waals surface area contributed by atoms with Crippen molar-refractivity contribution in [2.75, 3.05) is 0 Å². The number of aromatic nitrogens is 2. The van der Waals surface area contributed by atoms with Gasteiger partial charge in [-0.25, -0.2) is 4.98 Å². The Bertz CT molecular complexity index is 678. The van der Waals surface area contributed by atoms with Crippen LogP contribution in [-0.4, -0.2) is 9.55 Å². The van der Waals surface area contributed by atoms with Crippen LogP contribution in [0.4, 0.5) is 0 Å². The Balaban J connectivity index is 1.83. The van der Waals surface area contributed by atoms with Gasteiger partial charge in [-0.15, -0.1) is 0 Å². The standard InChI is InChI=1S/C33H56N2/c1-3-5-7-9-11-12-13-15-16-21-25-32(29-31-23-19-18-20-24-31)33(35-28-27-34-30-35)26-22-17-14-10-8-6-4-2/h18-20,23-24,27-28,30,32-33H,3-17,21-22,25-26,29H2,1-2H3. The van der Waals surface area contributed by atoms with Crippen LogP contribution in [0.5, 0.6) is 0 Å². The lowest BCUT2D eigenvalue weighted by Crippen LogP contribution is -2.21. The van der Waals surface area contributed by atoms with Crippen LogP contribution in [0.3, 0.4) is 0 Å². The van der Waals surface area contributed by atoms with E-state index in [4.69, 9.17) is 0 Å². The summed E-state index contributed by atoms with van der Waals surface area (Å²) >= 11 is 0. The van der Waals surface area contributed by atoms with Gasteiger partial charge < -0.3 is 4.57 Å². The van der Waals surface area contributed by atoms with Crippen molar-refractivity contribution < 1.29 is 0 Å². The van der Waals surface area contributed by atoms with Crippen molar-refractivity contribution >= 4 is 0 Å². The van der Waals surface area contributed by atoms with E-state index in [0.717, 1.165) is 0 Å². The summed E-state index contributed by atoms with van der Waals surface area (Å²) in [5, 5.41) is 0. The summed E-state index contributed by atoms with van der Waals surface area (Å²) in [4.78, 5) is 4.43. The van der Waals surface area contributed by atoms with Crippen molar-refractivity contribution in [2.24, 2.45) is 5.92 Å². The van der Waals surface area contributed by atoms with Crippen LogP contribution in [0.1, 0.15) is 147 Å². The number of benzene rings is 1. The first kappa shape index (κ1) is 29.7. The van der Waals surface area contributed by atoms with E-state index in [1.807, 2.05) is 6.20 Å². The lowest BCUT2D eigenvalue weighted by molar-refractivity contribution is 0.275. The zero-order valence-electron chi connectivity index (χ0n) is 23.3. The molecule has 0 aliphatic rings. The molecular weight excluding hydrogens is 424 g/mol. The molecule has 1 aromatic carbocycles. The summed E-state index contributed by atoms with van der Waals surface area (Å²) in [6, 6.07) is 11.8. The third-order valence-electron chi connectivity index (χ3n) is 7.82. The Morgan fingerprint density at radius 3 is 1.66 bits per heavy atom. The normalized spacial score (nSPS) is 13.2. The Morgan fingerprint density at radius 2 is 1.14 bits per heavy atom. The van der Waals surface area contributed by atoms with Crippen molar-refractivity contribution in [3.05, 3.63) is 54.6 Å². The van der Waals surface area contributed by atoms with E-state index >= 15 is 0 Å². The number of hydrogen-bond acceptors (Lipinski definition) is 1. The summed E-state index contributed by atoms with van der Waals surface area (Å²) < 4.78 is 2.43. The Kier molecular flexibility index (Phi) is 17.5. The molecule has 2 aromatic rings. The fourth-order valence-electron chi connectivity index (χ4n) is 5.65. The second kappa shape index (κ2) is 20.6. The molecule has 0 saturated carbocycles. The van der Waals surface area contributed by atoms with E-state index < -0.39 is 0 Å². The molecule has 0 fully saturated rings. The largest absolute Gasteiger partial charge is 0.334 e. The summed E-state index contributed by atoms with van der Waals surface area (Å²) in [5.41, 5.74) is 1.49. The zero-order chi connectivity index (χ0) is 24.8. The van der Waals surface area contributed by atoms with E-state index in [1.165, 1.54) is 134 Å². The lowest BCUT2D eigenvalue weighted by atomic mass is 9.84. The number of nitrogens with zero attached hydrogens (tertiary/aromatic N) is 2. The van der Waals surface area contributed by atoms with Crippen LogP contribution in [0, 0.1) is 5.92 Å². The molecule has 2 nitrogen and oxygen atoms in total. The summed E-state index contributed by atoms with van der Waals surface area (Å²) in [6.07, 6.45) is 33.9. The summed E-state index contributed by atoms with van der Waals surface area (Å²) in [7, 11) is 0. The van der Waals surface area contributed by atoms with Gasteiger partial charge in [0, 0.05) is 18.4 Å². The highest BCUT2D eigenvalue weighted by Crippen LogP contribution is 2.32. The van der Waals surface area contributed by atoms with Crippen molar-refractivity contribution in [2.45, 2.75) is 148 Å². The molecule has 1 aromatic heterocycles. The van der Waals surface area contributed by atoms with Crippen LogP contribution in [0.15, 0.2) is 49.1 Å². The topological polar surface area (TPSA) is 17.8 Å². The van der Waals surface area contributed by atoms with Crippen molar-refractivity contribution in [1.82, 2.24) is 9.55 Å². The zero-order valence-corrected chi connectivity index (χ0v) is 23.3. The predicted octanol–water partition coefficient (Wildman–Crippen LogP) is 10.7. The molecule has 2 heteroatoms. The highest BCUT2D eigenvalue weighted by Gasteiger charge is 2.23. The minimum atomic E-state index is 0.576. The Hall–Kier alpha value is -1.57. The second-order valence-corrected chi connectivity index (χ2v) is 10.9. The molecular formula is C33H56N2. The van der Waals surface area contributed by atoms with Gasteiger partial charge in [-0.05, 0) is 30.7 Å². The van der Waals surface area contributed by atoms with Crippen LogP contribution in [0.25, 0.3) is 0 Å². The molecule has 0 amide bonds. The Morgan fingerprint density at radius 1 is 0.629 bits per heavy atom. The molecule has 198 valence electrons. The van der Waals surface area contributed by atoms with Crippen LogP contribution >= 0.6 is 0 Å². The highest BCUT2D eigenvalue weighted by molar-refractivity contribution is 5.15. The molecule has 0 spiro atoms. The Labute approximate surface area is 218 Å². The molecule has 0 N–H and O–H groups in total. The molecule has 2 atom stereocenters. The molecule has 1 heterocycles. The average Bonchev–Trinajstić information content (AvgIpc) is 3.41. The maximum absolute atomic E-state index is 4.43. The highest BCUT2D eigenvalue weighted by atomic mass is 15.1. The fourth-order valence-corrected chi connectivity index (χ4v) is 5.65. The fraction of sp³-hybridized carbons (Fsp3) is 0.727. The lowest BCUT2D eigenvalue weighted by Gasteiger charge is -2.29. The average molecular weight is 481 g/mol. The minimum absolute atomic E-state index is 0.576. The van der Waals surface area contributed by atoms with Gasteiger partial charge in [0.05, 0.1) is 6.33 Å². The van der Waals surface area contributed by atoms with E-state index in [-0.39, 0.29) is 0 Å². The first-order valence-electron chi connectivity index (χ1n) is 15.4. The van der Waals surface area contributed by atoms with E-state index in [0.29, 0.717) is 12.0 Å². The maximum atomic E-state index is 4.43. The minimum Gasteiger partial charge on any atom is -0.334 e. The van der Waals surface area contributed by atoms with Gasteiger partial charge in [-0.2, -0.15) is 0 Å². The number of unbranched alkanes of at least 4 members (excludes halogenated alkanes) is 15. The van der Waals surface area contributed by atoms with Gasteiger partial charge in [0.25, 0.3) is 0 Å². The van der Waals surface area contributed by atoms with E-state index in [1.54, 1.807) is 0 Å². The first-order valence-corrected chi connectivity index (χ1v) is 15.4. The van der Waals surface area contributed by atoms with Gasteiger partial charge in [-0.1, -0.05) is 153 Å². The molecule has 0 radical (unpaired) electrons. The second-order valence-electron chi connectivity index (χ2n) is 10.9. The van der Waals surface area contributed by atoms with Gasteiger partial charge in [-0.3, -0.25) is 0 Å². The molecule has 0 bridgehead atoms. The number of imidazole rings is 1. The van der Waals surface area contributed by atoms with Gasteiger partial charge in [0.1, 0.15) is 0 Å². The maximum Gasteiger partial charge on any atom is 0.0948 e. The number of rotatable bonds is 23. The third kappa shape index (κ3) is 13.9. The van der Waals surface area contributed by atoms with Crippen LogP contribution in [0.2, 0.25) is 0 Å². The van der Waals surface area contributed by atoms with Crippen molar-refractivity contribution in [3.8, 4) is 0 Å². The summed E-state index contributed by atoms with van der Waals surface area (Å²) in [6.45, 7) is 4.61. The molecule has 0 aliphatic carbocycles. The van der Waals surface area contributed by atoms with Gasteiger partial charge >= 0.3 is 0 Å².